The number of ketones is 1. The molecule has 0 aliphatic heterocycles. The quantitative estimate of drug-likeness (QED) is 0.536. The number of hydrogen-bond acceptors (Lipinski definition) is 1. The van der Waals surface area contributed by atoms with E-state index in [2.05, 4.69) is 42.5 Å². The zero-order valence-corrected chi connectivity index (χ0v) is 14.6. The topological polar surface area (TPSA) is 22.0 Å². The SMILES string of the molecule is Cc1c(Br)c2ccccc2n1CC(=O)c1ccccc1Br. The van der Waals surface area contributed by atoms with Crippen LogP contribution in [0.25, 0.3) is 10.9 Å². The van der Waals surface area contributed by atoms with Crippen LogP contribution in [0.2, 0.25) is 0 Å². The molecule has 2 aromatic carbocycles. The standard InChI is InChI=1S/C17H13Br2NO/c1-11-17(19)13-7-3-5-9-15(13)20(11)10-16(21)12-6-2-4-8-14(12)18/h2-9H,10H2,1H3. The zero-order chi connectivity index (χ0) is 15.0. The molecule has 0 aliphatic rings. The number of benzene rings is 2. The molecule has 0 unspecified atom stereocenters. The van der Waals surface area contributed by atoms with Gasteiger partial charge < -0.3 is 4.57 Å². The van der Waals surface area contributed by atoms with Crippen LogP contribution >= 0.6 is 31.9 Å². The van der Waals surface area contributed by atoms with E-state index in [4.69, 9.17) is 0 Å². The van der Waals surface area contributed by atoms with Crippen LogP contribution < -0.4 is 0 Å². The maximum Gasteiger partial charge on any atom is 0.183 e. The Balaban J connectivity index is 2.05. The van der Waals surface area contributed by atoms with Crippen molar-refractivity contribution in [3.8, 4) is 0 Å². The summed E-state index contributed by atoms with van der Waals surface area (Å²) in [5.41, 5.74) is 2.85. The molecule has 0 radical (unpaired) electrons. The zero-order valence-electron chi connectivity index (χ0n) is 11.4. The van der Waals surface area contributed by atoms with Crippen molar-refractivity contribution >= 4 is 48.5 Å². The van der Waals surface area contributed by atoms with Crippen LogP contribution in [0.3, 0.4) is 0 Å². The Kier molecular flexibility index (Phi) is 4.00. The highest BCUT2D eigenvalue weighted by atomic mass is 79.9. The summed E-state index contributed by atoms with van der Waals surface area (Å²) < 4.78 is 3.95. The van der Waals surface area contributed by atoms with Crippen molar-refractivity contribution < 1.29 is 4.79 Å². The lowest BCUT2D eigenvalue weighted by molar-refractivity contribution is 0.0972. The van der Waals surface area contributed by atoms with E-state index in [1.807, 2.05) is 49.4 Å². The third-order valence-electron chi connectivity index (χ3n) is 3.63. The van der Waals surface area contributed by atoms with Gasteiger partial charge in [0.2, 0.25) is 0 Å². The predicted octanol–water partition coefficient (Wildman–Crippen LogP) is 5.36. The number of carbonyl (C=O) groups excluding carboxylic acids is 1. The summed E-state index contributed by atoms with van der Waals surface area (Å²) >= 11 is 7.07. The predicted molar refractivity (Wildman–Crippen MR) is 92.8 cm³/mol. The minimum atomic E-state index is 0.0961. The summed E-state index contributed by atoms with van der Waals surface area (Å²) in [4.78, 5) is 12.6. The summed E-state index contributed by atoms with van der Waals surface area (Å²) in [5.74, 6) is 0.0961. The molecule has 0 saturated carbocycles. The summed E-state index contributed by atoms with van der Waals surface area (Å²) in [6.45, 7) is 2.36. The van der Waals surface area contributed by atoms with Gasteiger partial charge in [-0.15, -0.1) is 0 Å². The van der Waals surface area contributed by atoms with Gasteiger partial charge in [0.25, 0.3) is 0 Å². The summed E-state index contributed by atoms with van der Waals surface area (Å²) in [6.07, 6.45) is 0. The molecule has 0 fully saturated rings. The first-order valence-corrected chi connectivity index (χ1v) is 8.19. The van der Waals surface area contributed by atoms with Gasteiger partial charge in [-0.25, -0.2) is 0 Å². The number of Topliss-reactive ketones (excluding diaryl/α,β-unsaturated/α-hetero) is 1. The number of halogens is 2. The molecule has 3 rings (SSSR count). The Bertz CT molecular complexity index is 836. The van der Waals surface area contributed by atoms with Gasteiger partial charge in [0.1, 0.15) is 0 Å². The van der Waals surface area contributed by atoms with Gasteiger partial charge in [-0.3, -0.25) is 4.79 Å². The maximum absolute atomic E-state index is 12.6. The number of hydrogen-bond donors (Lipinski definition) is 0. The van der Waals surface area contributed by atoms with E-state index in [-0.39, 0.29) is 5.78 Å². The van der Waals surface area contributed by atoms with Crippen molar-refractivity contribution in [3.05, 3.63) is 68.7 Å². The average molecular weight is 407 g/mol. The van der Waals surface area contributed by atoms with Crippen molar-refractivity contribution in [2.24, 2.45) is 0 Å². The summed E-state index contributed by atoms with van der Waals surface area (Å²) in [5, 5.41) is 1.13. The lowest BCUT2D eigenvalue weighted by Gasteiger charge is -2.09. The summed E-state index contributed by atoms with van der Waals surface area (Å²) in [7, 11) is 0. The Labute approximate surface area is 140 Å². The van der Waals surface area contributed by atoms with Crippen molar-refractivity contribution in [1.82, 2.24) is 4.57 Å². The molecule has 3 aromatic rings. The molecular formula is C17H13Br2NO. The fraction of sp³-hybridized carbons (Fsp3) is 0.118. The Morgan fingerprint density at radius 2 is 1.71 bits per heavy atom. The lowest BCUT2D eigenvalue weighted by atomic mass is 10.1. The van der Waals surface area contributed by atoms with Crippen molar-refractivity contribution in [1.29, 1.82) is 0 Å². The number of nitrogens with zero attached hydrogens (tertiary/aromatic N) is 1. The molecule has 0 atom stereocenters. The van der Waals surface area contributed by atoms with E-state index in [0.717, 1.165) is 25.5 Å². The molecule has 0 saturated heterocycles. The highest BCUT2D eigenvalue weighted by Crippen LogP contribution is 2.30. The second-order valence-electron chi connectivity index (χ2n) is 4.91. The van der Waals surface area contributed by atoms with Gasteiger partial charge >= 0.3 is 0 Å². The molecule has 0 spiro atoms. The van der Waals surface area contributed by atoms with E-state index in [1.54, 1.807) is 0 Å². The molecule has 4 heteroatoms. The van der Waals surface area contributed by atoms with Gasteiger partial charge in [0, 0.05) is 31.1 Å². The van der Waals surface area contributed by atoms with Crippen LogP contribution in [-0.2, 0) is 6.54 Å². The molecular weight excluding hydrogens is 394 g/mol. The first-order chi connectivity index (χ1) is 10.1. The van der Waals surface area contributed by atoms with Crippen molar-refractivity contribution in [3.63, 3.8) is 0 Å². The van der Waals surface area contributed by atoms with Crippen molar-refractivity contribution in [2.75, 3.05) is 0 Å². The van der Waals surface area contributed by atoms with Gasteiger partial charge in [-0.2, -0.15) is 0 Å². The molecule has 1 heterocycles. The molecule has 1 aromatic heterocycles. The molecule has 0 amide bonds. The van der Waals surface area contributed by atoms with Gasteiger partial charge in [0.05, 0.1) is 6.54 Å². The van der Waals surface area contributed by atoms with Gasteiger partial charge in [-0.05, 0) is 35.0 Å². The first kappa shape index (κ1) is 14.5. The van der Waals surface area contributed by atoms with Crippen LogP contribution in [0.4, 0.5) is 0 Å². The van der Waals surface area contributed by atoms with Crippen LogP contribution in [0.5, 0.6) is 0 Å². The number of para-hydroxylation sites is 1. The molecule has 2 nitrogen and oxygen atoms in total. The fourth-order valence-corrected chi connectivity index (χ4v) is 3.56. The van der Waals surface area contributed by atoms with E-state index >= 15 is 0 Å². The maximum atomic E-state index is 12.6. The van der Waals surface area contributed by atoms with Crippen LogP contribution in [0.15, 0.2) is 57.5 Å². The average Bonchev–Trinajstić information content (AvgIpc) is 2.73. The molecule has 106 valence electrons. The Morgan fingerprint density at radius 1 is 1.05 bits per heavy atom. The third-order valence-corrected chi connectivity index (χ3v) is 5.32. The smallest absolute Gasteiger partial charge is 0.183 e. The van der Waals surface area contributed by atoms with E-state index in [1.165, 1.54) is 0 Å². The first-order valence-electron chi connectivity index (χ1n) is 6.60. The number of aromatic nitrogens is 1. The molecule has 21 heavy (non-hydrogen) atoms. The van der Waals surface area contributed by atoms with Crippen molar-refractivity contribution in [2.45, 2.75) is 13.5 Å². The van der Waals surface area contributed by atoms with Crippen LogP contribution in [0.1, 0.15) is 16.1 Å². The number of fused-ring (bicyclic) bond motifs is 1. The second-order valence-corrected chi connectivity index (χ2v) is 6.55. The van der Waals surface area contributed by atoms with Crippen LogP contribution in [0, 0.1) is 6.92 Å². The van der Waals surface area contributed by atoms with E-state index < -0.39 is 0 Å². The highest BCUT2D eigenvalue weighted by Gasteiger charge is 2.16. The number of rotatable bonds is 3. The number of carbonyl (C=O) groups is 1. The van der Waals surface area contributed by atoms with Gasteiger partial charge in [0.15, 0.2) is 5.78 Å². The monoisotopic (exact) mass is 405 g/mol. The summed E-state index contributed by atoms with van der Waals surface area (Å²) in [6, 6.07) is 15.6. The molecule has 0 bridgehead atoms. The van der Waals surface area contributed by atoms with E-state index in [9.17, 15) is 4.79 Å². The van der Waals surface area contributed by atoms with E-state index in [0.29, 0.717) is 12.1 Å². The third kappa shape index (κ3) is 2.58. The highest BCUT2D eigenvalue weighted by molar-refractivity contribution is 9.11. The minimum absolute atomic E-state index is 0.0961. The lowest BCUT2D eigenvalue weighted by Crippen LogP contribution is -2.12. The second kappa shape index (κ2) is 5.78. The minimum Gasteiger partial charge on any atom is -0.336 e. The Morgan fingerprint density at radius 3 is 2.48 bits per heavy atom. The molecule has 0 N–H and O–H groups in total. The van der Waals surface area contributed by atoms with Crippen LogP contribution in [-0.4, -0.2) is 10.4 Å². The Hall–Kier alpha value is -1.39. The van der Waals surface area contributed by atoms with Gasteiger partial charge in [-0.1, -0.05) is 52.3 Å². The largest absolute Gasteiger partial charge is 0.336 e. The molecule has 0 aliphatic carbocycles. The fourth-order valence-electron chi connectivity index (χ4n) is 2.51. The normalized spacial score (nSPS) is 11.0.